The van der Waals surface area contributed by atoms with Gasteiger partial charge in [0.05, 0.1) is 7.11 Å². The van der Waals surface area contributed by atoms with Gasteiger partial charge in [-0.2, -0.15) is 0 Å². The number of ether oxygens (including phenoxy) is 1. The van der Waals surface area contributed by atoms with Crippen LogP contribution in [0.3, 0.4) is 0 Å². The van der Waals surface area contributed by atoms with Gasteiger partial charge < -0.3 is 15.4 Å². The average Bonchev–Trinajstić information content (AvgIpc) is 2.30. The molecule has 0 saturated carbocycles. The van der Waals surface area contributed by atoms with Crippen molar-refractivity contribution in [2.75, 3.05) is 20.2 Å². The molecule has 1 aliphatic heterocycles. The smallest absolute Gasteiger partial charge is 0.325 e. The number of piperidine rings is 1. The van der Waals surface area contributed by atoms with E-state index in [1.165, 1.54) is 13.5 Å². The lowest BCUT2D eigenvalue weighted by molar-refractivity contribution is -0.146. The minimum atomic E-state index is -0.877. The van der Waals surface area contributed by atoms with E-state index >= 15 is 0 Å². The van der Waals surface area contributed by atoms with Crippen molar-refractivity contribution >= 4 is 5.97 Å². The minimum Gasteiger partial charge on any atom is -0.468 e. The quantitative estimate of drug-likeness (QED) is 0.777. The van der Waals surface area contributed by atoms with Crippen molar-refractivity contribution in [3.63, 3.8) is 0 Å². The molecule has 0 bridgehead atoms. The van der Waals surface area contributed by atoms with Gasteiger partial charge in [-0.25, -0.2) is 0 Å². The molecular weight excluding hydrogens is 228 g/mol. The van der Waals surface area contributed by atoms with E-state index < -0.39 is 5.54 Å². The van der Waals surface area contributed by atoms with E-state index in [-0.39, 0.29) is 5.97 Å². The molecule has 2 N–H and O–H groups in total. The fourth-order valence-electron chi connectivity index (χ4n) is 2.84. The van der Waals surface area contributed by atoms with Crippen molar-refractivity contribution in [2.24, 2.45) is 17.6 Å². The predicted octanol–water partition coefficient (Wildman–Crippen LogP) is 1.63. The zero-order valence-corrected chi connectivity index (χ0v) is 12.4. The SMILES string of the molecule is COC(=O)C(C)(N)CCN1CC(C)CC(C)C1C. The standard InChI is InChI=1S/C14H28N2O2/c1-10-8-11(2)12(3)16(9-10)7-6-14(4,15)13(17)18-5/h10-12H,6-9,15H2,1-5H3. The van der Waals surface area contributed by atoms with E-state index in [0.29, 0.717) is 18.4 Å². The molecule has 0 spiro atoms. The summed E-state index contributed by atoms with van der Waals surface area (Å²) in [5.74, 6) is 1.10. The first-order valence-electron chi connectivity index (χ1n) is 6.89. The van der Waals surface area contributed by atoms with Crippen molar-refractivity contribution in [1.29, 1.82) is 0 Å². The van der Waals surface area contributed by atoms with Crippen LogP contribution in [0.2, 0.25) is 0 Å². The molecule has 1 heterocycles. The topological polar surface area (TPSA) is 55.6 Å². The van der Waals surface area contributed by atoms with Gasteiger partial charge in [-0.15, -0.1) is 0 Å². The van der Waals surface area contributed by atoms with Gasteiger partial charge >= 0.3 is 5.97 Å². The van der Waals surface area contributed by atoms with Gasteiger partial charge in [0.2, 0.25) is 0 Å². The molecule has 0 aromatic carbocycles. The molecule has 18 heavy (non-hydrogen) atoms. The number of nitrogens with zero attached hydrogens (tertiary/aromatic N) is 1. The van der Waals surface area contributed by atoms with E-state index in [9.17, 15) is 4.79 Å². The van der Waals surface area contributed by atoms with Crippen LogP contribution < -0.4 is 5.73 Å². The van der Waals surface area contributed by atoms with E-state index in [1.807, 2.05) is 0 Å². The summed E-state index contributed by atoms with van der Waals surface area (Å²) in [5.41, 5.74) is 5.12. The number of likely N-dealkylation sites (tertiary alicyclic amines) is 1. The fourth-order valence-corrected chi connectivity index (χ4v) is 2.84. The third-order valence-corrected chi connectivity index (χ3v) is 4.29. The number of rotatable bonds is 4. The maximum absolute atomic E-state index is 11.6. The Labute approximate surface area is 111 Å². The summed E-state index contributed by atoms with van der Waals surface area (Å²) >= 11 is 0. The molecule has 1 rings (SSSR count). The van der Waals surface area contributed by atoms with Crippen LogP contribution in [-0.4, -0.2) is 42.6 Å². The zero-order chi connectivity index (χ0) is 13.9. The van der Waals surface area contributed by atoms with Crippen LogP contribution in [0, 0.1) is 11.8 Å². The lowest BCUT2D eigenvalue weighted by Gasteiger charge is -2.42. The van der Waals surface area contributed by atoms with Gasteiger partial charge in [0, 0.05) is 19.1 Å². The van der Waals surface area contributed by atoms with Crippen LogP contribution in [0.25, 0.3) is 0 Å². The lowest BCUT2D eigenvalue weighted by Crippen LogP contribution is -2.51. The van der Waals surface area contributed by atoms with Gasteiger partial charge in [-0.05, 0) is 38.5 Å². The number of hydrogen-bond donors (Lipinski definition) is 1. The Morgan fingerprint density at radius 1 is 1.44 bits per heavy atom. The summed E-state index contributed by atoms with van der Waals surface area (Å²) in [4.78, 5) is 14.0. The molecule has 0 aromatic rings. The Balaban J connectivity index is 2.54. The van der Waals surface area contributed by atoms with Crippen LogP contribution in [0.4, 0.5) is 0 Å². The second kappa shape index (κ2) is 6.02. The summed E-state index contributed by atoms with van der Waals surface area (Å²) in [6.45, 7) is 10.6. The Morgan fingerprint density at radius 3 is 2.61 bits per heavy atom. The third kappa shape index (κ3) is 3.69. The molecule has 4 nitrogen and oxygen atoms in total. The minimum absolute atomic E-state index is 0.326. The number of esters is 1. The van der Waals surface area contributed by atoms with Crippen molar-refractivity contribution in [3.05, 3.63) is 0 Å². The van der Waals surface area contributed by atoms with Gasteiger partial charge in [0.1, 0.15) is 5.54 Å². The Kier molecular flexibility index (Phi) is 5.17. The molecule has 0 aliphatic carbocycles. The van der Waals surface area contributed by atoms with E-state index in [1.54, 1.807) is 6.92 Å². The molecule has 0 aromatic heterocycles. The Morgan fingerprint density at radius 2 is 2.06 bits per heavy atom. The molecule has 4 heteroatoms. The predicted molar refractivity (Wildman–Crippen MR) is 73.2 cm³/mol. The molecule has 106 valence electrons. The highest BCUT2D eigenvalue weighted by atomic mass is 16.5. The first-order valence-corrected chi connectivity index (χ1v) is 6.89. The molecule has 0 radical (unpaired) electrons. The first-order chi connectivity index (χ1) is 8.27. The molecule has 0 amide bonds. The summed E-state index contributed by atoms with van der Waals surface area (Å²) < 4.78 is 4.74. The summed E-state index contributed by atoms with van der Waals surface area (Å²) in [6, 6.07) is 0.564. The molecular formula is C14H28N2O2. The van der Waals surface area contributed by atoms with Crippen LogP contribution in [-0.2, 0) is 9.53 Å². The lowest BCUT2D eigenvalue weighted by atomic mass is 9.85. The van der Waals surface area contributed by atoms with E-state index in [0.717, 1.165) is 19.0 Å². The molecule has 1 aliphatic rings. The second-order valence-electron chi connectivity index (χ2n) is 6.21. The average molecular weight is 256 g/mol. The summed E-state index contributed by atoms with van der Waals surface area (Å²) in [5, 5.41) is 0. The van der Waals surface area contributed by atoms with Crippen LogP contribution in [0.15, 0.2) is 0 Å². The van der Waals surface area contributed by atoms with Crippen molar-refractivity contribution in [2.45, 2.75) is 52.1 Å². The zero-order valence-electron chi connectivity index (χ0n) is 12.4. The first kappa shape index (κ1) is 15.4. The van der Waals surface area contributed by atoms with Gasteiger partial charge in [-0.3, -0.25) is 4.79 Å². The van der Waals surface area contributed by atoms with Crippen LogP contribution in [0.5, 0.6) is 0 Å². The van der Waals surface area contributed by atoms with Crippen molar-refractivity contribution in [1.82, 2.24) is 4.90 Å². The molecule has 4 unspecified atom stereocenters. The monoisotopic (exact) mass is 256 g/mol. The maximum atomic E-state index is 11.6. The number of carbonyl (C=O) groups excluding carboxylic acids is 1. The number of nitrogens with two attached hydrogens (primary N) is 1. The maximum Gasteiger partial charge on any atom is 0.325 e. The van der Waals surface area contributed by atoms with Crippen LogP contribution in [0.1, 0.15) is 40.5 Å². The number of hydrogen-bond acceptors (Lipinski definition) is 4. The normalized spacial score (nSPS) is 32.9. The number of methoxy groups -OCH3 is 1. The Hall–Kier alpha value is -0.610. The van der Waals surface area contributed by atoms with Gasteiger partial charge in [0.15, 0.2) is 0 Å². The second-order valence-corrected chi connectivity index (χ2v) is 6.21. The largest absolute Gasteiger partial charge is 0.468 e. The van der Waals surface area contributed by atoms with Crippen LogP contribution >= 0.6 is 0 Å². The highest BCUT2D eigenvalue weighted by Gasteiger charge is 2.33. The molecule has 4 atom stereocenters. The highest BCUT2D eigenvalue weighted by molar-refractivity contribution is 5.79. The number of carbonyl (C=O) groups is 1. The summed E-state index contributed by atoms with van der Waals surface area (Å²) in [7, 11) is 1.39. The fraction of sp³-hybridized carbons (Fsp3) is 0.929. The van der Waals surface area contributed by atoms with Gasteiger partial charge in [-0.1, -0.05) is 13.8 Å². The Bertz CT molecular complexity index is 292. The third-order valence-electron chi connectivity index (χ3n) is 4.29. The molecule has 1 saturated heterocycles. The highest BCUT2D eigenvalue weighted by Crippen LogP contribution is 2.27. The van der Waals surface area contributed by atoms with E-state index in [4.69, 9.17) is 10.5 Å². The summed E-state index contributed by atoms with van der Waals surface area (Å²) in [6.07, 6.45) is 1.93. The van der Waals surface area contributed by atoms with Crippen molar-refractivity contribution < 1.29 is 9.53 Å². The van der Waals surface area contributed by atoms with E-state index in [2.05, 4.69) is 25.7 Å². The molecule has 1 fully saturated rings. The van der Waals surface area contributed by atoms with Gasteiger partial charge in [0.25, 0.3) is 0 Å². The van der Waals surface area contributed by atoms with Crippen molar-refractivity contribution in [3.8, 4) is 0 Å².